The van der Waals surface area contributed by atoms with Crippen LogP contribution in [0.15, 0.2) is 115 Å². The number of ether oxygens (including phenoxy) is 3. The van der Waals surface area contributed by atoms with Gasteiger partial charge in [0.2, 0.25) is 0 Å². The van der Waals surface area contributed by atoms with E-state index >= 15 is 0 Å². The molecule has 0 aliphatic rings. The molecule has 0 aliphatic carbocycles. The van der Waals surface area contributed by atoms with E-state index in [0.717, 1.165) is 67.3 Å². The van der Waals surface area contributed by atoms with Crippen LogP contribution < -0.4 is 14.2 Å². The fraction of sp³-hybridized carbons (Fsp3) is 0.0811. The van der Waals surface area contributed by atoms with Gasteiger partial charge in [-0.25, -0.2) is 0 Å². The molecular formula is C37H28N2O3. The van der Waals surface area contributed by atoms with E-state index in [1.807, 2.05) is 72.8 Å². The van der Waals surface area contributed by atoms with Gasteiger partial charge in [0, 0.05) is 0 Å². The number of hydrogen-bond donors (Lipinski definition) is 0. The molecule has 5 aromatic rings. The van der Waals surface area contributed by atoms with Crippen LogP contribution in [-0.4, -0.2) is 21.3 Å². The van der Waals surface area contributed by atoms with Crippen molar-refractivity contribution < 1.29 is 14.2 Å². The zero-order valence-electron chi connectivity index (χ0n) is 23.6. The Hall–Kier alpha value is -5.78. The van der Waals surface area contributed by atoms with Crippen LogP contribution in [0.1, 0.15) is 5.56 Å². The largest absolute Gasteiger partial charge is 0.497 e. The minimum atomic E-state index is 0.0623. The van der Waals surface area contributed by atoms with E-state index in [-0.39, 0.29) is 5.57 Å². The smallest absolute Gasteiger partial charge is 0.130 e. The number of nitrogens with zero attached hydrogens (tertiary/aromatic N) is 2. The molecule has 0 amide bonds. The van der Waals surface area contributed by atoms with Gasteiger partial charge >= 0.3 is 0 Å². The number of benzene rings is 5. The lowest BCUT2D eigenvalue weighted by Crippen LogP contribution is -1.93. The van der Waals surface area contributed by atoms with Crippen LogP contribution in [0.2, 0.25) is 0 Å². The molecule has 42 heavy (non-hydrogen) atoms. The van der Waals surface area contributed by atoms with Crippen LogP contribution in [0.25, 0.3) is 50.6 Å². The molecule has 0 unspecified atom stereocenters. The van der Waals surface area contributed by atoms with Crippen molar-refractivity contribution in [2.45, 2.75) is 0 Å². The normalized spacial score (nSPS) is 10.2. The maximum atomic E-state index is 9.18. The summed E-state index contributed by atoms with van der Waals surface area (Å²) >= 11 is 0. The number of methoxy groups -OCH3 is 3. The summed E-state index contributed by atoms with van der Waals surface area (Å²) in [6.45, 7) is 0. The molecule has 0 bridgehead atoms. The van der Waals surface area contributed by atoms with Crippen LogP contribution in [0.3, 0.4) is 0 Å². The lowest BCUT2D eigenvalue weighted by atomic mass is 9.85. The molecule has 0 aliphatic heterocycles. The van der Waals surface area contributed by atoms with E-state index in [4.69, 9.17) is 14.2 Å². The standard InChI is InChI=1S/C37H28N2O3/c1-40-31-14-8-28(9-15-31)35-22-37(30-12-18-33(42-3)19-13-30)36(29-10-16-32(41-2)17-11-29)21-34(35)27-6-4-25(5-7-27)20-26(23-38)24-39/h4-22H,1-3H3. The molecule has 5 heteroatoms. The SMILES string of the molecule is COc1ccc(-c2cc(-c3ccc(OC)cc3)c(-c3ccc(OC)cc3)cc2-c2ccc(C=C(C#N)C#N)cc2)cc1. The Bertz CT molecular complexity index is 1790. The van der Waals surface area contributed by atoms with Gasteiger partial charge in [-0.3, -0.25) is 0 Å². The second kappa shape index (κ2) is 12.6. The summed E-state index contributed by atoms with van der Waals surface area (Å²) in [5.74, 6) is 2.37. The van der Waals surface area contributed by atoms with Gasteiger partial charge in [-0.15, -0.1) is 0 Å². The average molecular weight is 549 g/mol. The first-order valence-corrected chi connectivity index (χ1v) is 13.3. The third-order valence-corrected chi connectivity index (χ3v) is 7.13. The maximum Gasteiger partial charge on any atom is 0.130 e. The van der Waals surface area contributed by atoms with Gasteiger partial charge in [-0.05, 0) is 105 Å². The third-order valence-electron chi connectivity index (χ3n) is 7.13. The van der Waals surface area contributed by atoms with Crippen molar-refractivity contribution in [3.8, 4) is 73.9 Å². The Balaban J connectivity index is 1.76. The molecule has 0 atom stereocenters. The van der Waals surface area contributed by atoms with Crippen LogP contribution in [0.4, 0.5) is 0 Å². The zero-order chi connectivity index (χ0) is 29.5. The Kier molecular flexibility index (Phi) is 8.33. The Morgan fingerprint density at radius 1 is 0.476 bits per heavy atom. The first kappa shape index (κ1) is 27.8. The van der Waals surface area contributed by atoms with E-state index in [0.29, 0.717) is 0 Å². The van der Waals surface area contributed by atoms with Crippen molar-refractivity contribution in [3.63, 3.8) is 0 Å². The van der Waals surface area contributed by atoms with Crippen molar-refractivity contribution in [2.75, 3.05) is 21.3 Å². The van der Waals surface area contributed by atoms with Crippen LogP contribution in [-0.2, 0) is 0 Å². The van der Waals surface area contributed by atoms with E-state index in [1.54, 1.807) is 27.4 Å². The average Bonchev–Trinajstić information content (AvgIpc) is 3.07. The molecule has 0 spiro atoms. The Morgan fingerprint density at radius 2 is 0.762 bits per heavy atom. The molecule has 5 rings (SSSR count). The van der Waals surface area contributed by atoms with Gasteiger partial charge in [-0.1, -0.05) is 60.7 Å². The topological polar surface area (TPSA) is 75.3 Å². The van der Waals surface area contributed by atoms with Crippen molar-refractivity contribution >= 4 is 6.08 Å². The maximum absolute atomic E-state index is 9.18. The van der Waals surface area contributed by atoms with E-state index in [2.05, 4.69) is 48.5 Å². The summed E-state index contributed by atoms with van der Waals surface area (Å²) in [7, 11) is 4.98. The molecule has 0 aromatic heterocycles. The summed E-state index contributed by atoms with van der Waals surface area (Å²) in [6.07, 6.45) is 1.59. The molecule has 204 valence electrons. The highest BCUT2D eigenvalue weighted by atomic mass is 16.5. The van der Waals surface area contributed by atoms with E-state index in [9.17, 15) is 10.5 Å². The Morgan fingerprint density at radius 3 is 1.02 bits per heavy atom. The molecule has 0 radical (unpaired) electrons. The summed E-state index contributed by atoms with van der Waals surface area (Å²) in [4.78, 5) is 0. The highest BCUT2D eigenvalue weighted by Crippen LogP contribution is 2.43. The molecule has 5 aromatic carbocycles. The number of nitriles is 2. The molecule has 0 saturated heterocycles. The monoisotopic (exact) mass is 548 g/mol. The highest BCUT2D eigenvalue weighted by molar-refractivity contribution is 5.95. The lowest BCUT2D eigenvalue weighted by Gasteiger charge is -2.19. The summed E-state index contributed by atoms with van der Waals surface area (Å²) in [5.41, 5.74) is 9.24. The summed E-state index contributed by atoms with van der Waals surface area (Å²) in [6, 6.07) is 40.4. The molecule has 0 N–H and O–H groups in total. The summed E-state index contributed by atoms with van der Waals surface area (Å²) in [5, 5.41) is 18.4. The predicted molar refractivity (Wildman–Crippen MR) is 167 cm³/mol. The first-order chi connectivity index (χ1) is 20.6. The molecule has 0 saturated carbocycles. The molecule has 0 fully saturated rings. The van der Waals surface area contributed by atoms with Crippen LogP contribution >= 0.6 is 0 Å². The van der Waals surface area contributed by atoms with Gasteiger partial charge < -0.3 is 14.2 Å². The quantitative estimate of drug-likeness (QED) is 0.181. The van der Waals surface area contributed by atoms with Crippen molar-refractivity contribution in [3.05, 3.63) is 120 Å². The van der Waals surface area contributed by atoms with Crippen LogP contribution in [0, 0.1) is 22.7 Å². The van der Waals surface area contributed by atoms with Gasteiger partial charge in [0.1, 0.15) is 35.0 Å². The fourth-order valence-electron chi connectivity index (χ4n) is 4.88. The van der Waals surface area contributed by atoms with Gasteiger partial charge in [0.25, 0.3) is 0 Å². The number of allylic oxidation sites excluding steroid dienone is 1. The van der Waals surface area contributed by atoms with Crippen LogP contribution in [0.5, 0.6) is 17.2 Å². The predicted octanol–water partition coefficient (Wildman–Crippen LogP) is 8.81. The summed E-state index contributed by atoms with van der Waals surface area (Å²) < 4.78 is 16.3. The van der Waals surface area contributed by atoms with Crippen molar-refractivity contribution in [1.29, 1.82) is 10.5 Å². The second-order valence-electron chi connectivity index (χ2n) is 9.53. The number of rotatable bonds is 8. The van der Waals surface area contributed by atoms with Gasteiger partial charge in [0.15, 0.2) is 0 Å². The minimum Gasteiger partial charge on any atom is -0.497 e. The third kappa shape index (κ3) is 5.87. The highest BCUT2D eigenvalue weighted by Gasteiger charge is 2.17. The lowest BCUT2D eigenvalue weighted by molar-refractivity contribution is 0.414. The van der Waals surface area contributed by atoms with Crippen molar-refractivity contribution in [2.24, 2.45) is 0 Å². The van der Waals surface area contributed by atoms with Gasteiger partial charge in [0.05, 0.1) is 21.3 Å². The molecular weight excluding hydrogens is 520 g/mol. The van der Waals surface area contributed by atoms with E-state index < -0.39 is 0 Å². The Labute approximate surface area is 246 Å². The van der Waals surface area contributed by atoms with Gasteiger partial charge in [-0.2, -0.15) is 10.5 Å². The number of hydrogen-bond acceptors (Lipinski definition) is 5. The first-order valence-electron chi connectivity index (χ1n) is 13.3. The zero-order valence-corrected chi connectivity index (χ0v) is 23.6. The van der Waals surface area contributed by atoms with Crippen molar-refractivity contribution in [1.82, 2.24) is 0 Å². The molecule has 0 heterocycles. The second-order valence-corrected chi connectivity index (χ2v) is 9.53. The van der Waals surface area contributed by atoms with E-state index in [1.165, 1.54) is 0 Å². The fourth-order valence-corrected chi connectivity index (χ4v) is 4.88. The minimum absolute atomic E-state index is 0.0623. The molecule has 5 nitrogen and oxygen atoms in total.